The number of nitrogens with one attached hydrogen (secondary N) is 1. The van der Waals surface area contributed by atoms with Crippen molar-refractivity contribution in [2.24, 2.45) is 0 Å². The normalized spacial score (nSPS) is 12.4. The van der Waals surface area contributed by atoms with Crippen molar-refractivity contribution in [3.05, 3.63) is 47.7 Å². The molecule has 3 heterocycles. The zero-order valence-electron chi connectivity index (χ0n) is 19.1. The number of hydrogen-bond donors (Lipinski definition) is 1. The third kappa shape index (κ3) is 4.42. The summed E-state index contributed by atoms with van der Waals surface area (Å²) in [7, 11) is 0. The van der Waals surface area contributed by atoms with Crippen LogP contribution in [0.3, 0.4) is 0 Å². The number of aromatic nitrogens is 6. The highest BCUT2D eigenvalue weighted by atomic mass is 16.2. The van der Waals surface area contributed by atoms with Gasteiger partial charge < -0.3 is 5.32 Å². The fourth-order valence-electron chi connectivity index (χ4n) is 3.03. The van der Waals surface area contributed by atoms with E-state index in [1.165, 1.54) is 0 Å². The van der Waals surface area contributed by atoms with E-state index in [1.54, 1.807) is 23.1 Å². The second-order valence-electron chi connectivity index (χ2n) is 9.77. The van der Waals surface area contributed by atoms with Crippen LogP contribution in [0.5, 0.6) is 0 Å². The molecule has 0 atom stereocenters. The number of carbonyl (C=O) groups is 1. The SMILES string of the molecule is CC(C)c1cc(C(=O)Nc2cc(C(C)(C)C)nn2-c2ncccn2)nn1C(C)(C)C. The Labute approximate surface area is 177 Å². The molecule has 3 aromatic rings. The van der Waals surface area contributed by atoms with Gasteiger partial charge in [0.1, 0.15) is 5.82 Å². The molecule has 0 radical (unpaired) electrons. The Bertz CT molecular complexity index is 1030. The quantitative estimate of drug-likeness (QED) is 0.694. The standard InChI is InChI=1S/C22H31N7O/c1-14(2)16-12-15(26-29(16)22(6,7)8)19(30)25-18-13-17(21(3,4)5)27-28(18)20-23-10-9-11-24-20/h9-14H,1-8H3,(H,25,30). The molecule has 1 N–H and O–H groups in total. The average Bonchev–Trinajstić information content (AvgIpc) is 3.26. The van der Waals surface area contributed by atoms with Crippen LogP contribution in [-0.4, -0.2) is 35.4 Å². The summed E-state index contributed by atoms with van der Waals surface area (Å²) in [5.41, 5.74) is 1.79. The molecule has 0 fully saturated rings. The van der Waals surface area contributed by atoms with Crippen molar-refractivity contribution in [2.45, 2.75) is 72.3 Å². The molecular formula is C22H31N7O. The molecule has 0 bridgehead atoms. The van der Waals surface area contributed by atoms with Crippen molar-refractivity contribution in [2.75, 3.05) is 5.32 Å². The van der Waals surface area contributed by atoms with Gasteiger partial charge in [0.25, 0.3) is 11.9 Å². The highest BCUT2D eigenvalue weighted by molar-refractivity contribution is 6.02. The van der Waals surface area contributed by atoms with Crippen molar-refractivity contribution in [1.82, 2.24) is 29.5 Å². The van der Waals surface area contributed by atoms with Gasteiger partial charge in [-0.1, -0.05) is 34.6 Å². The molecule has 0 saturated heterocycles. The molecule has 3 aromatic heterocycles. The first-order valence-corrected chi connectivity index (χ1v) is 10.2. The third-order valence-corrected chi connectivity index (χ3v) is 4.66. The topological polar surface area (TPSA) is 90.5 Å². The van der Waals surface area contributed by atoms with Gasteiger partial charge in [0.15, 0.2) is 5.69 Å². The van der Waals surface area contributed by atoms with Crippen LogP contribution in [-0.2, 0) is 11.0 Å². The van der Waals surface area contributed by atoms with Crippen LogP contribution in [0, 0.1) is 0 Å². The van der Waals surface area contributed by atoms with Crippen LogP contribution in [0.25, 0.3) is 5.95 Å². The summed E-state index contributed by atoms with van der Waals surface area (Å²) in [5.74, 6) is 0.852. The molecule has 30 heavy (non-hydrogen) atoms. The van der Waals surface area contributed by atoms with Crippen molar-refractivity contribution >= 4 is 11.7 Å². The van der Waals surface area contributed by atoms with Crippen LogP contribution in [0.4, 0.5) is 5.82 Å². The molecule has 8 heteroatoms. The van der Waals surface area contributed by atoms with Crippen molar-refractivity contribution in [3.63, 3.8) is 0 Å². The van der Waals surface area contributed by atoms with Gasteiger partial charge in [-0.3, -0.25) is 9.48 Å². The molecule has 0 spiro atoms. The summed E-state index contributed by atoms with van der Waals surface area (Å²) in [6.45, 7) is 16.6. The molecule has 160 valence electrons. The Kier molecular flexibility index (Phi) is 5.54. The van der Waals surface area contributed by atoms with Crippen LogP contribution >= 0.6 is 0 Å². The molecule has 0 unspecified atom stereocenters. The number of rotatable bonds is 4. The van der Waals surface area contributed by atoms with Gasteiger partial charge >= 0.3 is 0 Å². The fourth-order valence-corrected chi connectivity index (χ4v) is 3.03. The number of nitrogens with zero attached hydrogens (tertiary/aromatic N) is 6. The van der Waals surface area contributed by atoms with Crippen molar-refractivity contribution in [3.8, 4) is 5.95 Å². The first-order valence-electron chi connectivity index (χ1n) is 10.2. The molecule has 0 saturated carbocycles. The summed E-state index contributed by atoms with van der Waals surface area (Å²) < 4.78 is 3.48. The zero-order chi connectivity index (χ0) is 22.3. The summed E-state index contributed by atoms with van der Waals surface area (Å²) >= 11 is 0. The largest absolute Gasteiger partial charge is 0.305 e. The molecular weight excluding hydrogens is 378 g/mol. The Morgan fingerprint density at radius 3 is 2.13 bits per heavy atom. The van der Waals surface area contributed by atoms with E-state index in [0.29, 0.717) is 17.5 Å². The van der Waals surface area contributed by atoms with Gasteiger partial charge in [-0.05, 0) is 38.8 Å². The van der Waals surface area contributed by atoms with Gasteiger partial charge in [-0.25, -0.2) is 9.97 Å². The molecule has 0 aliphatic rings. The Morgan fingerprint density at radius 1 is 1.00 bits per heavy atom. The van der Waals surface area contributed by atoms with Gasteiger partial charge in [-0.15, -0.1) is 0 Å². The lowest BCUT2D eigenvalue weighted by Gasteiger charge is -2.23. The Morgan fingerprint density at radius 2 is 1.63 bits per heavy atom. The molecule has 1 amide bonds. The maximum atomic E-state index is 13.1. The molecule has 0 aliphatic heterocycles. The highest BCUT2D eigenvalue weighted by Crippen LogP contribution is 2.27. The molecule has 8 nitrogen and oxygen atoms in total. The second kappa shape index (κ2) is 7.66. The van der Waals surface area contributed by atoms with Crippen molar-refractivity contribution < 1.29 is 4.79 Å². The molecule has 0 aromatic carbocycles. The molecule has 3 rings (SSSR count). The van der Waals surface area contributed by atoms with E-state index in [9.17, 15) is 4.79 Å². The van der Waals surface area contributed by atoms with Crippen LogP contribution in [0.2, 0.25) is 0 Å². The first-order chi connectivity index (χ1) is 13.9. The lowest BCUT2D eigenvalue weighted by Crippen LogP contribution is -2.26. The minimum absolute atomic E-state index is 0.196. The lowest BCUT2D eigenvalue weighted by molar-refractivity contribution is 0.102. The number of amides is 1. The monoisotopic (exact) mass is 409 g/mol. The van der Waals surface area contributed by atoms with E-state index in [1.807, 2.05) is 16.8 Å². The zero-order valence-corrected chi connectivity index (χ0v) is 19.1. The second-order valence-corrected chi connectivity index (χ2v) is 9.77. The smallest absolute Gasteiger partial charge is 0.277 e. The maximum Gasteiger partial charge on any atom is 0.277 e. The van der Waals surface area contributed by atoms with E-state index >= 15 is 0 Å². The average molecular weight is 410 g/mol. The first kappa shape index (κ1) is 21.7. The number of hydrogen-bond acceptors (Lipinski definition) is 5. The highest BCUT2D eigenvalue weighted by Gasteiger charge is 2.26. The van der Waals surface area contributed by atoms with Gasteiger partial charge in [-0.2, -0.15) is 14.9 Å². The molecule has 0 aliphatic carbocycles. The fraction of sp³-hybridized carbons (Fsp3) is 0.500. The van der Waals surface area contributed by atoms with Gasteiger partial charge in [0.2, 0.25) is 0 Å². The van der Waals surface area contributed by atoms with Crippen LogP contribution in [0.15, 0.2) is 30.6 Å². The Hall–Kier alpha value is -3.03. The number of carbonyl (C=O) groups excluding carboxylic acids is 1. The summed E-state index contributed by atoms with van der Waals surface area (Å²) in [4.78, 5) is 21.7. The predicted octanol–water partition coefficient (Wildman–Crippen LogP) is 4.29. The number of anilines is 1. The summed E-state index contributed by atoms with van der Waals surface area (Å²) in [6.07, 6.45) is 3.29. The Balaban J connectivity index is 2.00. The predicted molar refractivity (Wildman–Crippen MR) is 117 cm³/mol. The van der Waals surface area contributed by atoms with Gasteiger partial charge in [0.05, 0.1) is 11.2 Å². The van der Waals surface area contributed by atoms with E-state index in [2.05, 4.69) is 80.9 Å². The van der Waals surface area contributed by atoms with E-state index in [-0.39, 0.29) is 22.8 Å². The van der Waals surface area contributed by atoms with Crippen LogP contribution < -0.4 is 5.32 Å². The summed E-state index contributed by atoms with van der Waals surface area (Å²) in [6, 6.07) is 5.45. The van der Waals surface area contributed by atoms with Gasteiger partial charge in [0, 0.05) is 29.6 Å². The van der Waals surface area contributed by atoms with Crippen LogP contribution in [0.1, 0.15) is 83.2 Å². The third-order valence-electron chi connectivity index (χ3n) is 4.66. The van der Waals surface area contributed by atoms with E-state index in [4.69, 9.17) is 0 Å². The maximum absolute atomic E-state index is 13.1. The minimum Gasteiger partial charge on any atom is -0.305 e. The van der Waals surface area contributed by atoms with E-state index in [0.717, 1.165) is 11.4 Å². The minimum atomic E-state index is -0.294. The van der Waals surface area contributed by atoms with E-state index < -0.39 is 0 Å². The lowest BCUT2D eigenvalue weighted by atomic mass is 9.92. The van der Waals surface area contributed by atoms with Crippen molar-refractivity contribution in [1.29, 1.82) is 0 Å². The summed E-state index contributed by atoms with van der Waals surface area (Å²) in [5, 5.41) is 12.2.